The smallest absolute Gasteiger partial charge is 0.387 e. The molecule has 0 spiro atoms. The van der Waals surface area contributed by atoms with Crippen LogP contribution < -0.4 is 10.1 Å². The number of para-hydroxylation sites is 3. The molecule has 0 fully saturated rings. The van der Waals surface area contributed by atoms with Gasteiger partial charge in [-0.3, -0.25) is 9.59 Å². The lowest BCUT2D eigenvalue weighted by Gasteiger charge is -2.11. The summed E-state index contributed by atoms with van der Waals surface area (Å²) in [7, 11) is 0. The minimum atomic E-state index is -3.02. The van der Waals surface area contributed by atoms with Gasteiger partial charge >= 0.3 is 12.6 Å². The van der Waals surface area contributed by atoms with Crippen LogP contribution in [-0.2, 0) is 20.7 Å². The maximum absolute atomic E-state index is 12.4. The first-order chi connectivity index (χ1) is 13.0. The number of carbonyl (C=O) groups excluding carboxylic acids is 2. The molecule has 2 aromatic carbocycles. The van der Waals surface area contributed by atoms with E-state index < -0.39 is 25.1 Å². The first-order valence-corrected chi connectivity index (χ1v) is 8.07. The number of H-pyrrole nitrogens is 1. The second kappa shape index (κ2) is 8.31. The molecular formula is C19H16F2N2O4. The SMILES string of the molecule is O=C(COC(=O)Cc1c[nH]c2ccccc12)Nc1ccccc1OC(F)F. The largest absolute Gasteiger partial charge is 0.455 e. The van der Waals surface area contributed by atoms with Gasteiger partial charge in [0.05, 0.1) is 12.1 Å². The van der Waals surface area contributed by atoms with Gasteiger partial charge in [0.15, 0.2) is 6.61 Å². The number of hydrogen-bond acceptors (Lipinski definition) is 4. The van der Waals surface area contributed by atoms with Crippen LogP contribution in [0.4, 0.5) is 14.5 Å². The van der Waals surface area contributed by atoms with Gasteiger partial charge in [-0.05, 0) is 23.8 Å². The minimum absolute atomic E-state index is 0.00236. The Kier molecular flexibility index (Phi) is 5.65. The zero-order valence-corrected chi connectivity index (χ0v) is 14.1. The van der Waals surface area contributed by atoms with E-state index in [1.807, 2.05) is 24.3 Å². The molecule has 27 heavy (non-hydrogen) atoms. The van der Waals surface area contributed by atoms with Crippen LogP contribution >= 0.6 is 0 Å². The van der Waals surface area contributed by atoms with Gasteiger partial charge in [-0.15, -0.1) is 0 Å². The first-order valence-electron chi connectivity index (χ1n) is 8.07. The van der Waals surface area contributed by atoms with E-state index in [2.05, 4.69) is 15.0 Å². The Hall–Kier alpha value is -3.42. The van der Waals surface area contributed by atoms with E-state index in [1.54, 1.807) is 12.3 Å². The van der Waals surface area contributed by atoms with Crippen molar-refractivity contribution < 1.29 is 27.8 Å². The van der Waals surface area contributed by atoms with Gasteiger partial charge in [-0.1, -0.05) is 30.3 Å². The molecule has 3 rings (SSSR count). The van der Waals surface area contributed by atoms with Crippen molar-refractivity contribution in [1.82, 2.24) is 4.98 Å². The Morgan fingerprint density at radius 3 is 2.63 bits per heavy atom. The van der Waals surface area contributed by atoms with Gasteiger partial charge < -0.3 is 19.8 Å². The van der Waals surface area contributed by atoms with Gasteiger partial charge in [-0.2, -0.15) is 8.78 Å². The average Bonchev–Trinajstić information content (AvgIpc) is 3.04. The normalized spacial score (nSPS) is 10.8. The Labute approximate surface area is 153 Å². The number of anilines is 1. The number of halogens is 2. The van der Waals surface area contributed by atoms with Crippen molar-refractivity contribution in [1.29, 1.82) is 0 Å². The number of esters is 1. The molecule has 0 radical (unpaired) electrons. The number of aromatic amines is 1. The van der Waals surface area contributed by atoms with E-state index in [0.29, 0.717) is 0 Å². The van der Waals surface area contributed by atoms with Gasteiger partial charge in [0, 0.05) is 17.1 Å². The van der Waals surface area contributed by atoms with Crippen molar-refractivity contribution in [3.05, 3.63) is 60.3 Å². The van der Waals surface area contributed by atoms with Crippen LogP contribution in [0.2, 0.25) is 0 Å². The monoisotopic (exact) mass is 374 g/mol. The molecule has 8 heteroatoms. The third-order valence-corrected chi connectivity index (χ3v) is 3.75. The molecule has 1 heterocycles. The number of rotatable bonds is 7. The molecule has 6 nitrogen and oxygen atoms in total. The second-order valence-electron chi connectivity index (χ2n) is 5.62. The summed E-state index contributed by atoms with van der Waals surface area (Å²) in [6.07, 6.45) is 1.71. The Morgan fingerprint density at radius 1 is 1.07 bits per heavy atom. The van der Waals surface area contributed by atoms with E-state index >= 15 is 0 Å². The Morgan fingerprint density at radius 2 is 1.81 bits per heavy atom. The third-order valence-electron chi connectivity index (χ3n) is 3.75. The van der Waals surface area contributed by atoms with Crippen molar-refractivity contribution in [3.8, 4) is 5.75 Å². The van der Waals surface area contributed by atoms with Crippen molar-refractivity contribution in [2.45, 2.75) is 13.0 Å². The molecule has 0 saturated heterocycles. The summed E-state index contributed by atoms with van der Waals surface area (Å²) < 4.78 is 34.0. The maximum Gasteiger partial charge on any atom is 0.387 e. The molecule has 2 N–H and O–H groups in total. The fourth-order valence-corrected chi connectivity index (χ4v) is 2.59. The molecule has 3 aromatic rings. The van der Waals surface area contributed by atoms with Gasteiger partial charge in [0.1, 0.15) is 5.75 Å². The van der Waals surface area contributed by atoms with E-state index in [-0.39, 0.29) is 17.9 Å². The first kappa shape index (κ1) is 18.4. The molecule has 0 aliphatic heterocycles. The highest BCUT2D eigenvalue weighted by atomic mass is 19.3. The minimum Gasteiger partial charge on any atom is -0.455 e. The van der Waals surface area contributed by atoms with Crippen LogP contribution in [0.3, 0.4) is 0 Å². The molecule has 0 aliphatic carbocycles. The van der Waals surface area contributed by atoms with E-state index in [4.69, 9.17) is 4.74 Å². The van der Waals surface area contributed by atoms with Crippen LogP contribution in [0.15, 0.2) is 54.7 Å². The number of benzene rings is 2. The molecule has 1 amide bonds. The molecule has 0 unspecified atom stereocenters. The fraction of sp³-hybridized carbons (Fsp3) is 0.158. The molecular weight excluding hydrogens is 358 g/mol. The summed E-state index contributed by atoms with van der Waals surface area (Å²) in [5, 5.41) is 3.28. The van der Waals surface area contributed by atoms with Crippen LogP contribution in [0.25, 0.3) is 10.9 Å². The predicted octanol–water partition coefficient (Wildman–Crippen LogP) is 3.49. The lowest BCUT2D eigenvalue weighted by atomic mass is 10.1. The molecule has 0 bridgehead atoms. The summed E-state index contributed by atoms with van der Waals surface area (Å²) in [6, 6.07) is 13.2. The van der Waals surface area contributed by atoms with Crippen molar-refractivity contribution in [2.75, 3.05) is 11.9 Å². The van der Waals surface area contributed by atoms with Gasteiger partial charge in [0.2, 0.25) is 0 Å². The summed E-state index contributed by atoms with van der Waals surface area (Å²) in [5.74, 6) is -1.41. The second-order valence-corrected chi connectivity index (χ2v) is 5.62. The van der Waals surface area contributed by atoms with Crippen LogP contribution in [0, 0.1) is 0 Å². The van der Waals surface area contributed by atoms with Gasteiger partial charge in [-0.25, -0.2) is 0 Å². The highest BCUT2D eigenvalue weighted by Gasteiger charge is 2.14. The quantitative estimate of drug-likeness (QED) is 0.621. The topological polar surface area (TPSA) is 80.4 Å². The summed E-state index contributed by atoms with van der Waals surface area (Å²) in [4.78, 5) is 27.0. The Bertz CT molecular complexity index is 956. The number of aromatic nitrogens is 1. The summed E-state index contributed by atoms with van der Waals surface area (Å²) in [5.41, 5.74) is 1.72. The van der Waals surface area contributed by atoms with Crippen LogP contribution in [-0.4, -0.2) is 30.1 Å². The highest BCUT2D eigenvalue weighted by molar-refractivity contribution is 5.94. The van der Waals surface area contributed by atoms with E-state index in [1.165, 1.54) is 18.2 Å². The van der Waals surface area contributed by atoms with E-state index in [9.17, 15) is 18.4 Å². The third kappa shape index (κ3) is 4.81. The number of amides is 1. The van der Waals surface area contributed by atoms with E-state index in [0.717, 1.165) is 16.5 Å². The molecule has 1 aromatic heterocycles. The van der Waals surface area contributed by atoms with Crippen LogP contribution in [0.1, 0.15) is 5.56 Å². The van der Waals surface area contributed by atoms with Crippen LogP contribution in [0.5, 0.6) is 5.75 Å². The summed E-state index contributed by atoms with van der Waals surface area (Å²) >= 11 is 0. The number of carbonyl (C=O) groups is 2. The van der Waals surface area contributed by atoms with Crippen molar-refractivity contribution >= 4 is 28.5 Å². The Balaban J connectivity index is 1.54. The predicted molar refractivity (Wildman–Crippen MR) is 94.7 cm³/mol. The zero-order valence-electron chi connectivity index (χ0n) is 14.1. The lowest BCUT2D eigenvalue weighted by Crippen LogP contribution is -2.22. The molecule has 0 aliphatic rings. The number of nitrogens with one attached hydrogen (secondary N) is 2. The fourth-order valence-electron chi connectivity index (χ4n) is 2.59. The number of ether oxygens (including phenoxy) is 2. The highest BCUT2D eigenvalue weighted by Crippen LogP contribution is 2.25. The van der Waals surface area contributed by atoms with Gasteiger partial charge in [0.25, 0.3) is 5.91 Å². The number of alkyl halides is 2. The molecule has 140 valence electrons. The lowest BCUT2D eigenvalue weighted by molar-refractivity contribution is -0.146. The van der Waals surface area contributed by atoms with Crippen molar-refractivity contribution in [2.24, 2.45) is 0 Å². The number of fused-ring (bicyclic) bond motifs is 1. The standard InChI is InChI=1S/C19H16F2N2O4/c20-19(21)27-16-8-4-3-7-15(16)23-17(24)11-26-18(25)9-12-10-22-14-6-2-1-5-13(12)14/h1-8,10,19,22H,9,11H2,(H,23,24). The average molecular weight is 374 g/mol. The molecule has 0 saturated carbocycles. The number of hydrogen-bond donors (Lipinski definition) is 2. The van der Waals surface area contributed by atoms with Crippen molar-refractivity contribution in [3.63, 3.8) is 0 Å². The maximum atomic E-state index is 12.4. The summed E-state index contributed by atoms with van der Waals surface area (Å²) in [6.45, 7) is -3.55. The molecule has 0 atom stereocenters. The zero-order chi connectivity index (χ0) is 19.2.